The summed E-state index contributed by atoms with van der Waals surface area (Å²) in [7, 11) is 1.64. The maximum Gasteiger partial charge on any atom is 0.142 e. The number of ether oxygens (including phenoxy) is 1. The van der Waals surface area contributed by atoms with Crippen LogP contribution in [0.15, 0.2) is 12.1 Å². The number of nitrogens with two attached hydrogens (primary N) is 1. The summed E-state index contributed by atoms with van der Waals surface area (Å²) in [6.45, 7) is 6.53. The molecule has 90 valence electrons. The minimum absolute atomic E-state index is 0.189. The number of rotatable bonds is 4. The van der Waals surface area contributed by atoms with Crippen molar-refractivity contribution in [2.24, 2.45) is 5.73 Å². The molecule has 0 saturated carbocycles. The fourth-order valence-electron chi connectivity index (χ4n) is 1.34. The van der Waals surface area contributed by atoms with E-state index in [9.17, 15) is 0 Å². The fourth-order valence-corrected chi connectivity index (χ4v) is 1.50. The van der Waals surface area contributed by atoms with Gasteiger partial charge >= 0.3 is 0 Å². The summed E-state index contributed by atoms with van der Waals surface area (Å²) in [5.41, 5.74) is 7.35. The molecule has 0 aliphatic heterocycles. The summed E-state index contributed by atoms with van der Waals surface area (Å²) >= 11 is 6.09. The van der Waals surface area contributed by atoms with Gasteiger partial charge in [-0.2, -0.15) is 0 Å². The highest BCUT2D eigenvalue weighted by molar-refractivity contribution is 6.31. The molecule has 3 nitrogen and oxygen atoms in total. The Morgan fingerprint density at radius 1 is 1.44 bits per heavy atom. The van der Waals surface area contributed by atoms with E-state index in [4.69, 9.17) is 22.1 Å². The van der Waals surface area contributed by atoms with E-state index in [1.54, 1.807) is 7.11 Å². The van der Waals surface area contributed by atoms with Crippen LogP contribution >= 0.6 is 11.6 Å². The summed E-state index contributed by atoms with van der Waals surface area (Å²) < 4.78 is 5.31. The van der Waals surface area contributed by atoms with Gasteiger partial charge in [0.1, 0.15) is 5.75 Å². The maximum absolute atomic E-state index is 6.09. The molecule has 0 aromatic heterocycles. The van der Waals surface area contributed by atoms with Crippen LogP contribution in [-0.4, -0.2) is 19.2 Å². The highest BCUT2D eigenvalue weighted by Gasteiger charge is 2.17. The lowest BCUT2D eigenvalue weighted by atomic mass is 10.1. The minimum Gasteiger partial charge on any atom is -0.495 e. The monoisotopic (exact) mass is 242 g/mol. The van der Waals surface area contributed by atoms with Crippen LogP contribution in [-0.2, 0) is 0 Å². The molecule has 0 spiro atoms. The van der Waals surface area contributed by atoms with Gasteiger partial charge in [-0.25, -0.2) is 0 Å². The number of halogens is 1. The van der Waals surface area contributed by atoms with Crippen LogP contribution in [0.1, 0.15) is 19.4 Å². The van der Waals surface area contributed by atoms with Gasteiger partial charge in [-0.3, -0.25) is 0 Å². The third kappa shape index (κ3) is 3.03. The molecule has 16 heavy (non-hydrogen) atoms. The number of benzene rings is 1. The normalized spacial score (nSPS) is 11.4. The number of hydrogen-bond donors (Lipinski definition) is 2. The Bertz CT molecular complexity index is 378. The van der Waals surface area contributed by atoms with Gasteiger partial charge < -0.3 is 15.8 Å². The predicted molar refractivity (Wildman–Crippen MR) is 69.5 cm³/mol. The molecule has 0 atom stereocenters. The first-order chi connectivity index (χ1) is 7.39. The molecule has 0 saturated heterocycles. The number of hydrogen-bond acceptors (Lipinski definition) is 3. The van der Waals surface area contributed by atoms with E-state index in [2.05, 4.69) is 5.32 Å². The molecule has 0 amide bonds. The molecule has 4 heteroatoms. The van der Waals surface area contributed by atoms with Crippen LogP contribution < -0.4 is 15.8 Å². The highest BCUT2D eigenvalue weighted by Crippen LogP contribution is 2.32. The van der Waals surface area contributed by atoms with Crippen LogP contribution in [0.25, 0.3) is 0 Å². The standard InChI is InChI=1S/C12H19ClN2O/c1-8-5-11(16-4)10(6-9(8)13)15-12(2,3)7-14/h5-6,15H,7,14H2,1-4H3. The van der Waals surface area contributed by atoms with Crippen molar-refractivity contribution in [1.82, 2.24) is 0 Å². The zero-order valence-electron chi connectivity index (χ0n) is 10.2. The van der Waals surface area contributed by atoms with Crippen molar-refractivity contribution in [3.63, 3.8) is 0 Å². The third-order valence-corrected chi connectivity index (χ3v) is 2.87. The molecular formula is C12H19ClN2O. The van der Waals surface area contributed by atoms with Crippen LogP contribution in [0.3, 0.4) is 0 Å². The Morgan fingerprint density at radius 3 is 2.56 bits per heavy atom. The SMILES string of the molecule is COc1cc(C)c(Cl)cc1NC(C)(C)CN. The van der Waals surface area contributed by atoms with Crippen molar-refractivity contribution in [3.05, 3.63) is 22.7 Å². The molecule has 3 N–H and O–H groups in total. The van der Waals surface area contributed by atoms with E-state index in [0.29, 0.717) is 6.54 Å². The van der Waals surface area contributed by atoms with E-state index in [1.807, 2.05) is 32.9 Å². The first-order valence-corrected chi connectivity index (χ1v) is 5.60. The van der Waals surface area contributed by atoms with E-state index >= 15 is 0 Å². The zero-order chi connectivity index (χ0) is 12.3. The second-order valence-electron chi connectivity index (χ2n) is 4.51. The van der Waals surface area contributed by atoms with Gasteiger partial charge in [-0.05, 0) is 38.5 Å². The average Bonchev–Trinajstić information content (AvgIpc) is 2.22. The summed E-state index contributed by atoms with van der Waals surface area (Å²) in [6.07, 6.45) is 0. The summed E-state index contributed by atoms with van der Waals surface area (Å²) in [5, 5.41) is 4.04. The first-order valence-electron chi connectivity index (χ1n) is 5.22. The van der Waals surface area contributed by atoms with Crippen LogP contribution in [0.4, 0.5) is 5.69 Å². The Balaban J connectivity index is 3.08. The minimum atomic E-state index is -0.189. The summed E-state index contributed by atoms with van der Waals surface area (Å²) in [4.78, 5) is 0. The molecule has 0 fully saturated rings. The molecule has 0 radical (unpaired) electrons. The lowest BCUT2D eigenvalue weighted by molar-refractivity contribution is 0.414. The Kier molecular flexibility index (Phi) is 4.05. The van der Waals surface area contributed by atoms with Gasteiger partial charge in [0.05, 0.1) is 12.8 Å². The van der Waals surface area contributed by atoms with E-state index in [0.717, 1.165) is 22.0 Å². The van der Waals surface area contributed by atoms with Crippen LogP contribution in [0.5, 0.6) is 5.75 Å². The number of anilines is 1. The molecule has 0 aliphatic carbocycles. The zero-order valence-corrected chi connectivity index (χ0v) is 11.0. The predicted octanol–water partition coefficient (Wildman–Crippen LogP) is 2.81. The quantitative estimate of drug-likeness (QED) is 0.854. The van der Waals surface area contributed by atoms with Crippen molar-refractivity contribution < 1.29 is 4.74 Å². The van der Waals surface area contributed by atoms with Crippen molar-refractivity contribution in [3.8, 4) is 5.75 Å². The van der Waals surface area contributed by atoms with Gasteiger partial charge in [-0.1, -0.05) is 11.6 Å². The Hall–Kier alpha value is -0.930. The van der Waals surface area contributed by atoms with Gasteiger partial charge in [-0.15, -0.1) is 0 Å². The van der Waals surface area contributed by atoms with Crippen molar-refractivity contribution in [2.45, 2.75) is 26.3 Å². The van der Waals surface area contributed by atoms with Crippen LogP contribution in [0.2, 0.25) is 5.02 Å². The van der Waals surface area contributed by atoms with E-state index in [-0.39, 0.29) is 5.54 Å². The van der Waals surface area contributed by atoms with Crippen molar-refractivity contribution in [1.29, 1.82) is 0 Å². The van der Waals surface area contributed by atoms with Crippen molar-refractivity contribution >= 4 is 17.3 Å². The molecule has 1 aromatic rings. The molecule has 1 aromatic carbocycles. The Labute approximate surface area is 102 Å². The topological polar surface area (TPSA) is 47.3 Å². The molecule has 0 unspecified atom stereocenters. The molecule has 1 rings (SSSR count). The molecule has 0 aliphatic rings. The van der Waals surface area contributed by atoms with Crippen LogP contribution in [0, 0.1) is 6.92 Å². The lowest BCUT2D eigenvalue weighted by Crippen LogP contribution is -2.39. The molecule has 0 bridgehead atoms. The number of methoxy groups -OCH3 is 1. The highest BCUT2D eigenvalue weighted by atomic mass is 35.5. The third-order valence-electron chi connectivity index (χ3n) is 2.46. The smallest absolute Gasteiger partial charge is 0.142 e. The van der Waals surface area contributed by atoms with Crippen molar-refractivity contribution in [2.75, 3.05) is 19.0 Å². The second-order valence-corrected chi connectivity index (χ2v) is 4.92. The average molecular weight is 243 g/mol. The Morgan fingerprint density at radius 2 is 2.06 bits per heavy atom. The number of nitrogens with one attached hydrogen (secondary N) is 1. The summed E-state index contributed by atoms with van der Waals surface area (Å²) in [6, 6.07) is 3.78. The second kappa shape index (κ2) is 4.93. The maximum atomic E-state index is 6.09. The van der Waals surface area contributed by atoms with Gasteiger partial charge in [0.2, 0.25) is 0 Å². The fraction of sp³-hybridized carbons (Fsp3) is 0.500. The summed E-state index contributed by atoms with van der Waals surface area (Å²) in [5.74, 6) is 0.781. The molecular weight excluding hydrogens is 224 g/mol. The van der Waals surface area contributed by atoms with Gasteiger partial charge in [0.15, 0.2) is 0 Å². The van der Waals surface area contributed by atoms with Gasteiger partial charge in [0, 0.05) is 17.1 Å². The van der Waals surface area contributed by atoms with E-state index in [1.165, 1.54) is 0 Å². The largest absolute Gasteiger partial charge is 0.495 e. The molecule has 0 heterocycles. The number of aryl methyl sites for hydroxylation is 1. The van der Waals surface area contributed by atoms with Gasteiger partial charge in [0.25, 0.3) is 0 Å². The first kappa shape index (κ1) is 13.1. The van der Waals surface area contributed by atoms with E-state index < -0.39 is 0 Å². The lowest BCUT2D eigenvalue weighted by Gasteiger charge is -2.27.